The summed E-state index contributed by atoms with van der Waals surface area (Å²) in [6.45, 7) is 6.23. The van der Waals surface area contributed by atoms with E-state index < -0.39 is 0 Å². The zero-order chi connectivity index (χ0) is 14.8. The molecule has 21 heavy (non-hydrogen) atoms. The third-order valence-corrected chi connectivity index (χ3v) is 4.81. The monoisotopic (exact) mass is 349 g/mol. The SMILES string of the molecule is CC1CCN(CCn2cnc3ccc(Br)cc3c2=O)CC1. The van der Waals surface area contributed by atoms with Gasteiger partial charge in [0.1, 0.15) is 0 Å². The highest BCUT2D eigenvalue weighted by molar-refractivity contribution is 9.10. The Morgan fingerprint density at radius 1 is 1.29 bits per heavy atom. The smallest absolute Gasteiger partial charge is 0.261 e. The molecule has 4 nitrogen and oxygen atoms in total. The number of rotatable bonds is 3. The highest BCUT2D eigenvalue weighted by Crippen LogP contribution is 2.16. The lowest BCUT2D eigenvalue weighted by Crippen LogP contribution is -2.36. The maximum Gasteiger partial charge on any atom is 0.261 e. The molecule has 0 N–H and O–H groups in total. The lowest BCUT2D eigenvalue weighted by Gasteiger charge is -2.30. The van der Waals surface area contributed by atoms with Crippen LogP contribution in [0.2, 0.25) is 0 Å². The Balaban J connectivity index is 1.75. The molecule has 0 bridgehead atoms. The number of benzene rings is 1. The van der Waals surface area contributed by atoms with E-state index >= 15 is 0 Å². The van der Waals surface area contributed by atoms with Crippen LogP contribution in [-0.2, 0) is 6.54 Å². The van der Waals surface area contributed by atoms with Gasteiger partial charge in [-0.3, -0.25) is 9.36 Å². The first-order chi connectivity index (χ1) is 10.1. The lowest BCUT2D eigenvalue weighted by atomic mass is 9.99. The van der Waals surface area contributed by atoms with Gasteiger partial charge in [0.15, 0.2) is 0 Å². The number of fused-ring (bicyclic) bond motifs is 1. The van der Waals surface area contributed by atoms with Crippen LogP contribution < -0.4 is 5.56 Å². The minimum Gasteiger partial charge on any atom is -0.302 e. The van der Waals surface area contributed by atoms with Crippen LogP contribution in [0.15, 0.2) is 33.8 Å². The molecule has 1 aliphatic rings. The molecule has 1 fully saturated rings. The summed E-state index contributed by atoms with van der Waals surface area (Å²) in [5, 5.41) is 0.680. The van der Waals surface area contributed by atoms with E-state index in [1.54, 1.807) is 10.9 Å². The Kier molecular flexibility index (Phi) is 4.40. The zero-order valence-corrected chi connectivity index (χ0v) is 13.8. The zero-order valence-electron chi connectivity index (χ0n) is 12.3. The molecule has 5 heteroatoms. The molecule has 112 valence electrons. The number of nitrogens with zero attached hydrogens (tertiary/aromatic N) is 3. The quantitative estimate of drug-likeness (QED) is 0.854. The fraction of sp³-hybridized carbons (Fsp3) is 0.500. The van der Waals surface area contributed by atoms with Crippen LogP contribution in [0.25, 0.3) is 10.9 Å². The molecule has 1 aliphatic heterocycles. The molecule has 2 heterocycles. The van der Waals surface area contributed by atoms with Crippen molar-refractivity contribution in [2.45, 2.75) is 26.3 Å². The molecular formula is C16H20BrN3O. The van der Waals surface area contributed by atoms with Crippen molar-refractivity contribution in [2.75, 3.05) is 19.6 Å². The van der Waals surface area contributed by atoms with Crippen molar-refractivity contribution in [3.8, 4) is 0 Å². The molecule has 1 aromatic heterocycles. The van der Waals surface area contributed by atoms with Crippen molar-refractivity contribution in [1.29, 1.82) is 0 Å². The van der Waals surface area contributed by atoms with E-state index in [0.29, 0.717) is 11.9 Å². The molecule has 0 atom stereocenters. The van der Waals surface area contributed by atoms with Crippen molar-refractivity contribution in [3.63, 3.8) is 0 Å². The van der Waals surface area contributed by atoms with E-state index in [1.807, 2.05) is 18.2 Å². The Morgan fingerprint density at radius 3 is 2.81 bits per heavy atom. The van der Waals surface area contributed by atoms with Gasteiger partial charge in [-0.25, -0.2) is 4.98 Å². The summed E-state index contributed by atoms with van der Waals surface area (Å²) in [6.07, 6.45) is 4.20. The summed E-state index contributed by atoms with van der Waals surface area (Å²) in [6, 6.07) is 5.63. The summed E-state index contributed by atoms with van der Waals surface area (Å²) in [5.41, 5.74) is 0.804. The molecule has 3 rings (SSSR count). The Morgan fingerprint density at radius 2 is 2.05 bits per heavy atom. The molecule has 0 aliphatic carbocycles. The van der Waals surface area contributed by atoms with Crippen molar-refractivity contribution in [2.24, 2.45) is 5.92 Å². The fourth-order valence-electron chi connectivity index (χ4n) is 2.83. The van der Waals surface area contributed by atoms with Gasteiger partial charge in [-0.15, -0.1) is 0 Å². The van der Waals surface area contributed by atoms with E-state index in [2.05, 4.69) is 32.7 Å². The van der Waals surface area contributed by atoms with Crippen LogP contribution in [-0.4, -0.2) is 34.1 Å². The highest BCUT2D eigenvalue weighted by atomic mass is 79.9. The van der Waals surface area contributed by atoms with Gasteiger partial charge in [0.2, 0.25) is 0 Å². The first-order valence-corrected chi connectivity index (χ1v) is 8.30. The average molecular weight is 350 g/mol. The van der Waals surface area contributed by atoms with E-state index in [-0.39, 0.29) is 5.56 Å². The normalized spacial score (nSPS) is 17.4. The Bertz CT molecular complexity index is 689. The fourth-order valence-corrected chi connectivity index (χ4v) is 3.19. The number of piperidine rings is 1. The maximum absolute atomic E-state index is 12.5. The maximum atomic E-state index is 12.5. The van der Waals surface area contributed by atoms with E-state index in [4.69, 9.17) is 0 Å². The van der Waals surface area contributed by atoms with Crippen LogP contribution in [0.4, 0.5) is 0 Å². The highest BCUT2D eigenvalue weighted by Gasteiger charge is 2.15. The number of likely N-dealkylation sites (tertiary alicyclic amines) is 1. The molecule has 0 amide bonds. The Hall–Kier alpha value is -1.20. The van der Waals surface area contributed by atoms with Crippen LogP contribution in [0, 0.1) is 5.92 Å². The number of hydrogen-bond acceptors (Lipinski definition) is 3. The summed E-state index contributed by atoms with van der Waals surface area (Å²) in [7, 11) is 0. The van der Waals surface area contributed by atoms with Gasteiger partial charge in [-0.2, -0.15) is 0 Å². The van der Waals surface area contributed by atoms with Gasteiger partial charge >= 0.3 is 0 Å². The number of halogens is 1. The largest absolute Gasteiger partial charge is 0.302 e. The molecule has 1 aromatic carbocycles. The molecule has 0 unspecified atom stereocenters. The van der Waals surface area contributed by atoms with Crippen LogP contribution in [0.3, 0.4) is 0 Å². The molecule has 1 saturated heterocycles. The Labute approximate surface area is 132 Å². The summed E-state index contributed by atoms with van der Waals surface area (Å²) >= 11 is 3.41. The van der Waals surface area contributed by atoms with Crippen molar-refractivity contribution < 1.29 is 0 Å². The van der Waals surface area contributed by atoms with Crippen LogP contribution >= 0.6 is 15.9 Å². The van der Waals surface area contributed by atoms with Crippen LogP contribution in [0.1, 0.15) is 19.8 Å². The van der Waals surface area contributed by atoms with Gasteiger partial charge in [0.05, 0.1) is 17.2 Å². The minimum atomic E-state index is 0.0478. The van der Waals surface area contributed by atoms with Gasteiger partial charge in [-0.1, -0.05) is 22.9 Å². The van der Waals surface area contributed by atoms with Crippen molar-refractivity contribution in [1.82, 2.24) is 14.5 Å². The summed E-state index contributed by atoms with van der Waals surface area (Å²) in [5.74, 6) is 0.837. The first kappa shape index (κ1) is 14.7. The van der Waals surface area contributed by atoms with Gasteiger partial charge in [0.25, 0.3) is 5.56 Å². The third kappa shape index (κ3) is 3.35. The standard InChI is InChI=1S/C16H20BrN3O/c1-12-4-6-19(7-5-12)8-9-20-11-18-15-3-2-13(17)10-14(15)16(20)21/h2-3,10-12H,4-9H2,1H3. The molecular weight excluding hydrogens is 330 g/mol. The van der Waals surface area contributed by atoms with Gasteiger partial charge < -0.3 is 4.90 Å². The van der Waals surface area contributed by atoms with Gasteiger partial charge in [-0.05, 0) is 50.0 Å². The third-order valence-electron chi connectivity index (χ3n) is 4.32. The summed E-state index contributed by atoms with van der Waals surface area (Å²) in [4.78, 5) is 19.3. The van der Waals surface area contributed by atoms with Crippen molar-refractivity contribution >= 4 is 26.8 Å². The predicted molar refractivity (Wildman–Crippen MR) is 88.5 cm³/mol. The van der Waals surface area contributed by atoms with Crippen LogP contribution in [0.5, 0.6) is 0 Å². The second-order valence-corrected chi connectivity index (χ2v) is 6.84. The van der Waals surface area contributed by atoms with Gasteiger partial charge in [0, 0.05) is 17.6 Å². The van der Waals surface area contributed by atoms with E-state index in [1.165, 1.54) is 12.8 Å². The van der Waals surface area contributed by atoms with Crippen molar-refractivity contribution in [3.05, 3.63) is 39.4 Å². The molecule has 2 aromatic rings. The number of aromatic nitrogens is 2. The molecule has 0 spiro atoms. The molecule has 0 radical (unpaired) electrons. The lowest BCUT2D eigenvalue weighted by molar-refractivity contribution is 0.186. The topological polar surface area (TPSA) is 38.1 Å². The average Bonchev–Trinajstić information content (AvgIpc) is 2.49. The second kappa shape index (κ2) is 6.28. The summed E-state index contributed by atoms with van der Waals surface area (Å²) < 4.78 is 2.64. The molecule has 0 saturated carbocycles. The second-order valence-electron chi connectivity index (χ2n) is 5.93. The van der Waals surface area contributed by atoms with E-state index in [9.17, 15) is 4.79 Å². The predicted octanol–water partition coefficient (Wildman–Crippen LogP) is 2.89. The van der Waals surface area contributed by atoms with E-state index in [0.717, 1.165) is 35.5 Å². The number of hydrogen-bond donors (Lipinski definition) is 0. The first-order valence-electron chi connectivity index (χ1n) is 7.50. The minimum absolute atomic E-state index is 0.0478.